The molecule has 2 fully saturated rings. The molecule has 1 saturated carbocycles. The van der Waals surface area contributed by atoms with Crippen LogP contribution in [0.1, 0.15) is 36.8 Å². The predicted molar refractivity (Wildman–Crippen MR) is 137 cm³/mol. The topological polar surface area (TPSA) is 66.7 Å². The van der Waals surface area contributed by atoms with Crippen molar-refractivity contribution in [2.24, 2.45) is 0 Å². The van der Waals surface area contributed by atoms with Gasteiger partial charge in [-0.3, -0.25) is 18.9 Å². The van der Waals surface area contributed by atoms with Crippen LogP contribution in [0, 0.1) is 0 Å². The first-order valence-corrected chi connectivity index (χ1v) is 12.4. The summed E-state index contributed by atoms with van der Waals surface area (Å²) in [5, 5.41) is 3.33. The number of carbonyl (C=O) groups is 1. The third-order valence-electron chi connectivity index (χ3n) is 6.11. The van der Waals surface area contributed by atoms with E-state index >= 15 is 0 Å². The van der Waals surface area contributed by atoms with Gasteiger partial charge < -0.3 is 5.32 Å². The summed E-state index contributed by atoms with van der Waals surface area (Å²) in [7, 11) is 0. The molecule has 3 heterocycles. The number of carbonyl (C=O) groups excluding carboxylic acids is 1. The van der Waals surface area contributed by atoms with Crippen LogP contribution in [0.15, 0.2) is 64.4 Å². The summed E-state index contributed by atoms with van der Waals surface area (Å²) < 4.78 is 2.08. The summed E-state index contributed by atoms with van der Waals surface area (Å²) in [4.78, 5) is 33.5. The van der Waals surface area contributed by atoms with Crippen LogP contribution in [-0.2, 0) is 11.2 Å². The number of nitrogens with one attached hydrogen (secondary N) is 1. The SMILES string of the molecule is O=C1/C(=C\c2c(NCCc3ccccc3)nc3ccccn3c2=O)SC(=S)N1C1CCCC1. The van der Waals surface area contributed by atoms with Crippen molar-refractivity contribution in [1.29, 1.82) is 0 Å². The van der Waals surface area contributed by atoms with Gasteiger partial charge in [0.15, 0.2) is 0 Å². The van der Waals surface area contributed by atoms with E-state index in [0.29, 0.717) is 32.8 Å². The molecule has 2 aliphatic rings. The van der Waals surface area contributed by atoms with E-state index in [0.717, 1.165) is 32.1 Å². The molecule has 1 aliphatic heterocycles. The minimum absolute atomic E-state index is 0.107. The first kappa shape index (κ1) is 21.9. The zero-order chi connectivity index (χ0) is 22.8. The largest absolute Gasteiger partial charge is 0.369 e. The van der Waals surface area contributed by atoms with Gasteiger partial charge in [0.05, 0.1) is 10.5 Å². The number of pyridine rings is 1. The molecule has 0 bridgehead atoms. The Kier molecular flexibility index (Phi) is 6.28. The maximum absolute atomic E-state index is 13.4. The highest BCUT2D eigenvalue weighted by Crippen LogP contribution is 2.38. The number of nitrogens with zero attached hydrogens (tertiary/aromatic N) is 3. The van der Waals surface area contributed by atoms with E-state index in [9.17, 15) is 9.59 Å². The highest BCUT2D eigenvalue weighted by Gasteiger charge is 2.38. The molecule has 1 saturated heterocycles. The Balaban J connectivity index is 1.49. The summed E-state index contributed by atoms with van der Waals surface area (Å²) in [6, 6.07) is 15.8. The maximum atomic E-state index is 13.4. The van der Waals surface area contributed by atoms with Gasteiger partial charge >= 0.3 is 0 Å². The predicted octanol–water partition coefficient (Wildman–Crippen LogP) is 4.49. The van der Waals surface area contributed by atoms with Gasteiger partial charge in [-0.2, -0.15) is 0 Å². The lowest BCUT2D eigenvalue weighted by Crippen LogP contribution is -2.36. The lowest BCUT2D eigenvalue weighted by atomic mass is 10.1. The number of fused-ring (bicyclic) bond motifs is 1. The Morgan fingerprint density at radius 2 is 1.85 bits per heavy atom. The second kappa shape index (κ2) is 9.49. The highest BCUT2D eigenvalue weighted by atomic mass is 32.2. The molecule has 1 N–H and O–H groups in total. The summed E-state index contributed by atoms with van der Waals surface area (Å²) >= 11 is 6.80. The zero-order valence-electron chi connectivity index (χ0n) is 18.1. The quantitative estimate of drug-likeness (QED) is 0.418. The minimum atomic E-state index is -0.214. The van der Waals surface area contributed by atoms with Crippen molar-refractivity contribution in [3.8, 4) is 0 Å². The molecular formula is C25H24N4O2S2. The number of anilines is 1. The number of benzene rings is 1. The Morgan fingerprint density at radius 3 is 2.64 bits per heavy atom. The van der Waals surface area contributed by atoms with Crippen LogP contribution in [0.25, 0.3) is 11.7 Å². The van der Waals surface area contributed by atoms with Crippen molar-refractivity contribution in [2.45, 2.75) is 38.1 Å². The van der Waals surface area contributed by atoms with Crippen molar-refractivity contribution in [1.82, 2.24) is 14.3 Å². The van der Waals surface area contributed by atoms with Crippen molar-refractivity contribution < 1.29 is 4.79 Å². The molecule has 8 heteroatoms. The zero-order valence-corrected chi connectivity index (χ0v) is 19.7. The van der Waals surface area contributed by atoms with E-state index in [2.05, 4.69) is 17.4 Å². The minimum Gasteiger partial charge on any atom is -0.369 e. The van der Waals surface area contributed by atoms with Gasteiger partial charge in [-0.25, -0.2) is 4.98 Å². The number of hydrogen-bond donors (Lipinski definition) is 1. The van der Waals surface area contributed by atoms with E-state index in [1.54, 1.807) is 29.3 Å². The van der Waals surface area contributed by atoms with Crippen molar-refractivity contribution in [3.05, 3.63) is 81.1 Å². The van der Waals surface area contributed by atoms with Gasteiger partial charge in [-0.05, 0) is 43.0 Å². The molecule has 0 radical (unpaired) electrons. The average Bonchev–Trinajstić information content (AvgIpc) is 3.44. The summed E-state index contributed by atoms with van der Waals surface area (Å²) in [5.74, 6) is 0.373. The van der Waals surface area contributed by atoms with Crippen molar-refractivity contribution >= 4 is 51.7 Å². The lowest BCUT2D eigenvalue weighted by Gasteiger charge is -2.21. The molecular weight excluding hydrogens is 452 g/mol. The molecule has 1 aromatic carbocycles. The van der Waals surface area contributed by atoms with Gasteiger partial charge in [0, 0.05) is 18.8 Å². The summed E-state index contributed by atoms with van der Waals surface area (Å²) in [6.07, 6.45) is 8.34. The van der Waals surface area contributed by atoms with Gasteiger partial charge in [0.1, 0.15) is 15.8 Å². The van der Waals surface area contributed by atoms with E-state index < -0.39 is 0 Å². The van der Waals surface area contributed by atoms with Crippen LogP contribution in [0.4, 0.5) is 5.82 Å². The Labute approximate surface area is 201 Å². The first-order valence-electron chi connectivity index (χ1n) is 11.2. The van der Waals surface area contributed by atoms with Crippen LogP contribution < -0.4 is 10.9 Å². The van der Waals surface area contributed by atoms with E-state index in [1.165, 1.54) is 21.7 Å². The molecule has 33 heavy (non-hydrogen) atoms. The molecule has 1 amide bonds. The van der Waals surface area contributed by atoms with Gasteiger partial charge in [0.25, 0.3) is 11.5 Å². The fraction of sp³-hybridized carbons (Fsp3) is 0.280. The summed E-state index contributed by atoms with van der Waals surface area (Å²) in [5.41, 5.74) is 1.91. The number of thiocarbonyl (C=S) groups is 1. The third kappa shape index (κ3) is 4.45. The second-order valence-corrected chi connectivity index (χ2v) is 9.94. The smallest absolute Gasteiger partial charge is 0.267 e. The number of hydrogen-bond acceptors (Lipinski definition) is 6. The Bertz CT molecular complexity index is 1300. The highest BCUT2D eigenvalue weighted by molar-refractivity contribution is 8.26. The van der Waals surface area contributed by atoms with Crippen LogP contribution in [0.5, 0.6) is 0 Å². The van der Waals surface area contributed by atoms with E-state index in [4.69, 9.17) is 17.2 Å². The fourth-order valence-corrected chi connectivity index (χ4v) is 5.81. The van der Waals surface area contributed by atoms with Crippen LogP contribution in [-0.4, -0.2) is 37.1 Å². The molecule has 6 nitrogen and oxygen atoms in total. The molecule has 0 unspecified atom stereocenters. The third-order valence-corrected chi connectivity index (χ3v) is 7.44. The molecule has 1 aliphatic carbocycles. The van der Waals surface area contributed by atoms with E-state index in [-0.39, 0.29) is 17.5 Å². The average molecular weight is 477 g/mol. The first-order chi connectivity index (χ1) is 16.1. The number of thioether (sulfide) groups is 1. The summed E-state index contributed by atoms with van der Waals surface area (Å²) in [6.45, 7) is 0.614. The van der Waals surface area contributed by atoms with Crippen LogP contribution in [0.3, 0.4) is 0 Å². The number of rotatable bonds is 6. The van der Waals surface area contributed by atoms with Crippen molar-refractivity contribution in [2.75, 3.05) is 11.9 Å². The monoisotopic (exact) mass is 476 g/mol. The van der Waals surface area contributed by atoms with Crippen molar-refractivity contribution in [3.63, 3.8) is 0 Å². The Morgan fingerprint density at radius 1 is 1.09 bits per heavy atom. The molecule has 3 aromatic rings. The Hall–Kier alpha value is -2.97. The second-order valence-electron chi connectivity index (χ2n) is 8.26. The van der Waals surface area contributed by atoms with Gasteiger partial charge in [-0.15, -0.1) is 0 Å². The normalized spacial score (nSPS) is 18.1. The molecule has 168 valence electrons. The standard InChI is InChI=1S/C25H24N4O2S2/c30-23-19(16-20-24(31)29(25(32)33-20)18-10-4-5-11-18)22(27-21-12-6-7-15-28(21)23)26-14-13-17-8-2-1-3-9-17/h1-3,6-9,12,15-16,18,26H,4-5,10-11,13-14H2/b20-16+. The van der Waals surface area contributed by atoms with Crippen LogP contribution in [0.2, 0.25) is 0 Å². The fourth-order valence-electron chi connectivity index (χ4n) is 4.43. The molecule has 0 atom stereocenters. The molecule has 2 aromatic heterocycles. The van der Waals surface area contributed by atoms with Gasteiger partial charge in [-0.1, -0.05) is 73.2 Å². The molecule has 5 rings (SSSR count). The van der Waals surface area contributed by atoms with Crippen LogP contribution >= 0.6 is 24.0 Å². The number of amides is 1. The molecule has 0 spiro atoms. The lowest BCUT2D eigenvalue weighted by molar-refractivity contribution is -0.123. The van der Waals surface area contributed by atoms with E-state index in [1.807, 2.05) is 24.3 Å². The maximum Gasteiger partial charge on any atom is 0.267 e. The number of aromatic nitrogens is 2. The van der Waals surface area contributed by atoms with Gasteiger partial charge in [0.2, 0.25) is 0 Å².